The van der Waals surface area contributed by atoms with E-state index in [1.165, 1.54) is 20.9 Å². The largest absolute Gasteiger partial charge is 0.365 e. The average Bonchev–Trinajstić information content (AvgIpc) is 3.46. The second-order valence-corrected chi connectivity index (χ2v) is 10.6. The lowest BCUT2D eigenvalue weighted by Crippen LogP contribution is -2.46. The Labute approximate surface area is 189 Å². The molecule has 162 valence electrons. The van der Waals surface area contributed by atoms with Crippen LogP contribution in [0.1, 0.15) is 57.9 Å². The molecule has 1 aromatic carbocycles. The number of likely N-dealkylation sites (tertiary alicyclic amines) is 1. The smallest absolute Gasteiger partial charge is 0.251 e. The van der Waals surface area contributed by atoms with E-state index < -0.39 is 5.91 Å². The lowest BCUT2D eigenvalue weighted by atomic mass is 9.97. The molecule has 0 radical (unpaired) electrons. The van der Waals surface area contributed by atoms with Gasteiger partial charge in [0.1, 0.15) is 5.00 Å². The van der Waals surface area contributed by atoms with Gasteiger partial charge < -0.3 is 11.1 Å². The second-order valence-electron chi connectivity index (χ2n) is 8.44. The third-order valence-corrected chi connectivity index (χ3v) is 8.85. The van der Waals surface area contributed by atoms with Crippen molar-refractivity contribution < 1.29 is 9.59 Å². The number of carbonyl (C=O) groups is 2. The molecule has 1 fully saturated rings. The van der Waals surface area contributed by atoms with E-state index in [4.69, 9.17) is 10.7 Å². The molecule has 0 bridgehead atoms. The van der Waals surface area contributed by atoms with Gasteiger partial charge in [0.15, 0.2) is 0 Å². The molecule has 1 aliphatic heterocycles. The Morgan fingerprint density at radius 1 is 1.23 bits per heavy atom. The van der Waals surface area contributed by atoms with Gasteiger partial charge >= 0.3 is 0 Å². The Morgan fingerprint density at radius 2 is 2.06 bits per heavy atom. The van der Waals surface area contributed by atoms with Crippen LogP contribution in [0.3, 0.4) is 0 Å². The van der Waals surface area contributed by atoms with Gasteiger partial charge in [0.25, 0.3) is 5.91 Å². The molecule has 8 heteroatoms. The third kappa shape index (κ3) is 3.88. The van der Waals surface area contributed by atoms with Crippen LogP contribution in [-0.2, 0) is 17.6 Å². The van der Waals surface area contributed by atoms with Crippen molar-refractivity contribution in [1.82, 2.24) is 9.88 Å². The molecule has 3 aromatic rings. The highest BCUT2D eigenvalue weighted by Crippen LogP contribution is 2.39. The number of nitrogens with two attached hydrogens (primary N) is 1. The number of rotatable bonds is 5. The van der Waals surface area contributed by atoms with E-state index in [1.807, 2.05) is 19.1 Å². The molecule has 2 aliphatic rings. The molecule has 0 unspecified atom stereocenters. The highest BCUT2D eigenvalue weighted by Gasteiger charge is 2.32. The first-order valence-corrected chi connectivity index (χ1v) is 12.5. The zero-order chi connectivity index (χ0) is 21.5. The molecule has 2 amide bonds. The molecule has 0 saturated carbocycles. The van der Waals surface area contributed by atoms with E-state index in [0.717, 1.165) is 61.3 Å². The van der Waals surface area contributed by atoms with Crippen molar-refractivity contribution in [2.24, 2.45) is 5.73 Å². The number of amides is 2. The van der Waals surface area contributed by atoms with E-state index in [1.54, 1.807) is 11.3 Å². The number of hydrogen-bond donors (Lipinski definition) is 2. The van der Waals surface area contributed by atoms with Crippen molar-refractivity contribution in [3.05, 3.63) is 45.3 Å². The summed E-state index contributed by atoms with van der Waals surface area (Å²) in [5.41, 5.74) is 8.25. The maximum atomic E-state index is 13.1. The van der Waals surface area contributed by atoms with Crippen molar-refractivity contribution in [2.45, 2.75) is 51.0 Å². The van der Waals surface area contributed by atoms with E-state index in [9.17, 15) is 9.59 Å². The highest BCUT2D eigenvalue weighted by atomic mass is 32.1. The molecule has 0 spiro atoms. The molecule has 1 aliphatic carbocycles. The van der Waals surface area contributed by atoms with Crippen LogP contribution < -0.4 is 11.1 Å². The van der Waals surface area contributed by atoms with Crippen molar-refractivity contribution in [3.63, 3.8) is 0 Å². The van der Waals surface area contributed by atoms with Crippen molar-refractivity contribution >= 4 is 49.7 Å². The Morgan fingerprint density at radius 3 is 2.87 bits per heavy atom. The van der Waals surface area contributed by atoms with Crippen LogP contribution in [0.4, 0.5) is 5.00 Å². The van der Waals surface area contributed by atoms with Gasteiger partial charge in [-0.05, 0) is 63.3 Å². The van der Waals surface area contributed by atoms with Crippen molar-refractivity contribution in [3.8, 4) is 0 Å². The monoisotopic (exact) mass is 454 g/mol. The molecular weight excluding hydrogens is 428 g/mol. The SMILES string of the molecule is C[C@H](C(=O)Nc1sc2c(c1C(N)=O)CCC2)N1CCC[C@H](c2nc3ccccc3s2)C1. The Hall–Kier alpha value is -2.29. The van der Waals surface area contributed by atoms with E-state index in [0.29, 0.717) is 16.5 Å². The summed E-state index contributed by atoms with van der Waals surface area (Å²) in [5.74, 6) is -0.184. The number of thiophene rings is 1. The number of anilines is 1. The van der Waals surface area contributed by atoms with Crippen LogP contribution in [0.5, 0.6) is 0 Å². The number of piperidine rings is 1. The molecule has 1 saturated heterocycles. The van der Waals surface area contributed by atoms with E-state index in [-0.39, 0.29) is 11.9 Å². The summed E-state index contributed by atoms with van der Waals surface area (Å²) in [6.07, 6.45) is 5.01. The van der Waals surface area contributed by atoms with Crippen LogP contribution in [0.15, 0.2) is 24.3 Å². The third-order valence-electron chi connectivity index (χ3n) is 6.44. The van der Waals surface area contributed by atoms with Crippen LogP contribution in [0.25, 0.3) is 10.2 Å². The van der Waals surface area contributed by atoms with Crippen molar-refractivity contribution in [1.29, 1.82) is 0 Å². The number of benzene rings is 1. The number of aromatic nitrogens is 1. The Kier molecular flexibility index (Phi) is 5.54. The summed E-state index contributed by atoms with van der Waals surface area (Å²) in [5, 5.41) is 4.79. The minimum absolute atomic E-state index is 0.0765. The van der Waals surface area contributed by atoms with Gasteiger partial charge in [-0.15, -0.1) is 22.7 Å². The van der Waals surface area contributed by atoms with Crippen LogP contribution in [0.2, 0.25) is 0 Å². The number of thiazole rings is 1. The number of primary amides is 1. The first-order valence-electron chi connectivity index (χ1n) is 10.9. The fourth-order valence-corrected chi connectivity index (χ4v) is 7.15. The number of para-hydroxylation sites is 1. The van der Waals surface area contributed by atoms with Crippen LogP contribution in [0, 0.1) is 0 Å². The van der Waals surface area contributed by atoms with Gasteiger partial charge in [0.2, 0.25) is 5.91 Å². The van der Waals surface area contributed by atoms with Gasteiger partial charge in [-0.3, -0.25) is 14.5 Å². The van der Waals surface area contributed by atoms with E-state index >= 15 is 0 Å². The first kappa shape index (κ1) is 20.6. The molecule has 5 rings (SSSR count). The van der Waals surface area contributed by atoms with Gasteiger partial charge in [-0.25, -0.2) is 4.98 Å². The summed E-state index contributed by atoms with van der Waals surface area (Å²) in [4.78, 5) is 33.4. The number of hydrogen-bond acceptors (Lipinski definition) is 6. The minimum atomic E-state index is -0.448. The molecule has 6 nitrogen and oxygen atoms in total. The molecule has 2 atom stereocenters. The van der Waals surface area contributed by atoms with Gasteiger partial charge in [0.05, 0.1) is 26.8 Å². The zero-order valence-electron chi connectivity index (χ0n) is 17.5. The predicted octanol–water partition coefficient (Wildman–Crippen LogP) is 4.15. The maximum absolute atomic E-state index is 13.1. The Bertz CT molecular complexity index is 1120. The number of fused-ring (bicyclic) bond motifs is 2. The first-order chi connectivity index (χ1) is 15.0. The predicted molar refractivity (Wildman–Crippen MR) is 126 cm³/mol. The number of aryl methyl sites for hydroxylation is 1. The summed E-state index contributed by atoms with van der Waals surface area (Å²) in [7, 11) is 0. The second kappa shape index (κ2) is 8.33. The van der Waals surface area contributed by atoms with Gasteiger partial charge in [-0.1, -0.05) is 12.1 Å². The van der Waals surface area contributed by atoms with Crippen molar-refractivity contribution in [2.75, 3.05) is 18.4 Å². The summed E-state index contributed by atoms with van der Waals surface area (Å²) in [6, 6.07) is 7.95. The van der Waals surface area contributed by atoms with Crippen LogP contribution >= 0.6 is 22.7 Å². The normalized spacial score (nSPS) is 20.0. The molecule has 2 aromatic heterocycles. The minimum Gasteiger partial charge on any atom is -0.365 e. The molecule has 31 heavy (non-hydrogen) atoms. The summed E-state index contributed by atoms with van der Waals surface area (Å²) < 4.78 is 1.21. The van der Waals surface area contributed by atoms with Gasteiger partial charge in [0, 0.05) is 17.3 Å². The summed E-state index contributed by atoms with van der Waals surface area (Å²) in [6.45, 7) is 3.65. The number of carbonyl (C=O) groups excluding carboxylic acids is 2. The fourth-order valence-electron chi connectivity index (χ4n) is 4.76. The quantitative estimate of drug-likeness (QED) is 0.606. The standard InChI is InChI=1S/C23H26N4O2S2/c1-13(21(29)26-23-19(20(24)28)15-7-4-10-17(15)30-23)27-11-5-6-14(12-27)22-25-16-8-2-3-9-18(16)31-22/h2-3,8-9,13-14H,4-7,10-12H2,1H3,(H2,24,28)(H,26,29)/t13-,14+/m1/s1. The fraction of sp³-hybridized carbons (Fsp3) is 0.435. The summed E-state index contributed by atoms with van der Waals surface area (Å²) >= 11 is 3.27. The lowest BCUT2D eigenvalue weighted by molar-refractivity contribution is -0.121. The maximum Gasteiger partial charge on any atom is 0.251 e. The van der Waals surface area contributed by atoms with E-state index in [2.05, 4.69) is 22.3 Å². The molecule has 3 N–H and O–H groups in total. The van der Waals surface area contributed by atoms with Crippen LogP contribution in [-0.4, -0.2) is 40.8 Å². The number of nitrogens with zero attached hydrogens (tertiary/aromatic N) is 2. The number of nitrogens with one attached hydrogen (secondary N) is 1. The Balaban J connectivity index is 1.30. The zero-order valence-corrected chi connectivity index (χ0v) is 19.2. The topological polar surface area (TPSA) is 88.3 Å². The average molecular weight is 455 g/mol. The highest BCUT2D eigenvalue weighted by molar-refractivity contribution is 7.18. The molecular formula is C23H26N4O2S2. The molecule has 3 heterocycles. The lowest BCUT2D eigenvalue weighted by Gasteiger charge is -2.35. The van der Waals surface area contributed by atoms with Gasteiger partial charge in [-0.2, -0.15) is 0 Å².